The molecule has 11 amide bonds. The van der Waals surface area contributed by atoms with Crippen LogP contribution in [0.25, 0.3) is 0 Å². The zero-order chi connectivity index (χ0) is 69.1. The van der Waals surface area contributed by atoms with Crippen LogP contribution in [0.15, 0.2) is 12.2 Å². The van der Waals surface area contributed by atoms with Crippen molar-refractivity contribution < 1.29 is 62.6 Å². The Morgan fingerprint density at radius 3 is 1.34 bits per heavy atom. The van der Waals surface area contributed by atoms with Crippen LogP contribution in [0, 0.1) is 41.4 Å². The average molecular weight is 1260 g/mol. The number of methoxy groups -OCH3 is 1. The first-order chi connectivity index (χ1) is 41.1. The van der Waals surface area contributed by atoms with Gasteiger partial charge in [0.2, 0.25) is 65.0 Å². The largest absolute Gasteiger partial charge is 0.390 e. The minimum Gasteiger partial charge on any atom is -0.390 e. The number of nitrogens with zero attached hydrogens (tertiary/aromatic N) is 8. The normalized spacial score (nSPS) is 27.5. The number of carbonyl (C=O) groups excluding carboxylic acids is 11. The predicted molar refractivity (Wildman–Crippen MR) is 344 cm³/mol. The number of nitrogens with one attached hydrogen (secondary N) is 3. The van der Waals surface area contributed by atoms with Crippen molar-refractivity contribution in [1.82, 2.24) is 55.1 Å². The molecular formula is C65H117N11O13. The van der Waals surface area contributed by atoms with Crippen LogP contribution in [-0.2, 0) is 57.5 Å². The van der Waals surface area contributed by atoms with Gasteiger partial charge in [-0.25, -0.2) is 0 Å². The molecule has 0 radical (unpaired) electrons. The number of ether oxygens (including phenoxy) is 1. The molecule has 4 N–H and O–H groups in total. The van der Waals surface area contributed by atoms with Gasteiger partial charge in [0.1, 0.15) is 66.5 Å². The third kappa shape index (κ3) is 21.5. The Hall–Kier alpha value is -6.17. The molecule has 1 saturated heterocycles. The zero-order valence-corrected chi connectivity index (χ0v) is 59.0. The summed E-state index contributed by atoms with van der Waals surface area (Å²) in [5, 5.41) is 20.6. The second kappa shape index (κ2) is 36.6. The number of aliphatic hydroxyl groups excluding tert-OH is 1. The second-order valence-electron chi connectivity index (χ2n) is 26.9. The smallest absolute Gasteiger partial charge is 0.248 e. The first-order valence-corrected chi connectivity index (χ1v) is 32.0. The molecule has 0 bridgehead atoms. The summed E-state index contributed by atoms with van der Waals surface area (Å²) in [7, 11) is 12.9. The Morgan fingerprint density at radius 1 is 0.461 bits per heavy atom. The van der Waals surface area contributed by atoms with Crippen molar-refractivity contribution >= 4 is 65.0 Å². The Labute approximate surface area is 533 Å². The Morgan fingerprint density at radius 2 is 0.876 bits per heavy atom. The number of amides is 11. The molecule has 1 aliphatic rings. The van der Waals surface area contributed by atoms with E-state index in [0.29, 0.717) is 12.8 Å². The van der Waals surface area contributed by atoms with Gasteiger partial charge in [0.15, 0.2) is 0 Å². The van der Waals surface area contributed by atoms with Crippen molar-refractivity contribution in [1.29, 1.82) is 0 Å². The number of allylic oxidation sites excluding steroid dienone is 2. The molecule has 510 valence electrons. The number of hydrogen-bond donors (Lipinski definition) is 4. The van der Waals surface area contributed by atoms with E-state index in [4.69, 9.17) is 4.74 Å². The molecule has 89 heavy (non-hydrogen) atoms. The average Bonchev–Trinajstić information content (AvgIpc) is 1.18. The van der Waals surface area contributed by atoms with E-state index in [1.54, 1.807) is 61.5 Å². The quantitative estimate of drug-likeness (QED) is 0.152. The molecule has 0 aliphatic carbocycles. The highest BCUT2D eigenvalue weighted by atomic mass is 16.5. The maximum absolute atomic E-state index is 15.3. The third-order valence-electron chi connectivity index (χ3n) is 17.6. The summed E-state index contributed by atoms with van der Waals surface area (Å²) in [6.45, 7) is 29.6. The number of hydrogen-bond acceptors (Lipinski definition) is 13. The van der Waals surface area contributed by atoms with E-state index < -0.39 is 161 Å². The van der Waals surface area contributed by atoms with Gasteiger partial charge in [-0.3, -0.25) is 52.7 Å². The van der Waals surface area contributed by atoms with Gasteiger partial charge in [-0.1, -0.05) is 102 Å². The van der Waals surface area contributed by atoms with Crippen LogP contribution in [0.1, 0.15) is 156 Å². The summed E-state index contributed by atoms with van der Waals surface area (Å²) in [6.07, 6.45) is 3.16. The lowest BCUT2D eigenvalue weighted by Gasteiger charge is -2.43. The van der Waals surface area contributed by atoms with Crippen LogP contribution in [-0.4, -0.2) is 252 Å². The maximum atomic E-state index is 15.3. The van der Waals surface area contributed by atoms with E-state index in [-0.39, 0.29) is 50.0 Å². The summed E-state index contributed by atoms with van der Waals surface area (Å²) in [5.41, 5.74) is 0. The molecule has 0 aromatic carbocycles. The first kappa shape index (κ1) is 80.8. The summed E-state index contributed by atoms with van der Waals surface area (Å²) < 4.78 is 5.38. The molecule has 1 fully saturated rings. The third-order valence-corrected chi connectivity index (χ3v) is 17.6. The minimum atomic E-state index is -1.61. The minimum absolute atomic E-state index is 0.0268. The fourth-order valence-electron chi connectivity index (χ4n) is 11.6. The van der Waals surface area contributed by atoms with E-state index in [0.717, 1.165) is 9.80 Å². The summed E-state index contributed by atoms with van der Waals surface area (Å²) in [4.78, 5) is 173. The summed E-state index contributed by atoms with van der Waals surface area (Å²) in [5.74, 6) is -10.2. The zero-order valence-electron chi connectivity index (χ0n) is 59.0. The number of rotatable bonds is 17. The second-order valence-corrected chi connectivity index (χ2v) is 26.9. The predicted octanol–water partition coefficient (Wildman–Crippen LogP) is 3.63. The van der Waals surface area contributed by atoms with Gasteiger partial charge in [0.05, 0.1) is 6.10 Å². The highest BCUT2D eigenvalue weighted by Crippen LogP contribution is 2.27. The van der Waals surface area contributed by atoms with Gasteiger partial charge in [-0.05, 0) is 108 Å². The standard InChI is InChI=1S/C65H117N11O13/c1-27-29-30-42(14)54(77)53-65(88)70(19)46(28-2)60(83)69(18)45(17)59(82)75(24)52(41(13)31-32-89-26)57(80)68-50(39(9)10)63(86)71(20)47(33-36(3)4)56(79)66-43(15)55(78)67-44(16)58(81)72(21)48(34-37(5)6)61(84)73(22)49(35-38(7)8)62(85)74(23)51(40(11)12)64(87)76(53)25/h27,29,36-54,77H,28,30-35H2,1-26H3,(H,66,79)(H,67,78)(H,68,80)/b29-27+/t41-,42-,43+,44-,45-,46+,47+,48+,49+,50+,51+,52+,53+,54-/m1/s1. The molecule has 0 saturated carbocycles. The molecule has 1 rings (SSSR count). The lowest BCUT2D eigenvalue weighted by molar-refractivity contribution is -0.161. The molecule has 0 aromatic rings. The van der Waals surface area contributed by atoms with Gasteiger partial charge >= 0.3 is 0 Å². The van der Waals surface area contributed by atoms with Crippen LogP contribution in [0.3, 0.4) is 0 Å². The molecule has 14 atom stereocenters. The molecular weight excluding hydrogens is 1140 g/mol. The Bertz CT molecular complexity index is 2440. The molecule has 24 nitrogen and oxygen atoms in total. The fraction of sp³-hybridized carbons (Fsp3) is 0.800. The van der Waals surface area contributed by atoms with Crippen molar-refractivity contribution in [2.75, 3.05) is 70.1 Å². The lowest BCUT2D eigenvalue weighted by Crippen LogP contribution is -2.64. The molecule has 0 aromatic heterocycles. The van der Waals surface area contributed by atoms with Crippen LogP contribution < -0.4 is 16.0 Å². The number of likely N-dealkylation sites (N-methyl/N-ethyl adjacent to an activating group) is 8. The van der Waals surface area contributed by atoms with Crippen LogP contribution in [0.2, 0.25) is 0 Å². The van der Waals surface area contributed by atoms with Crippen molar-refractivity contribution in [2.45, 2.75) is 229 Å². The van der Waals surface area contributed by atoms with Crippen molar-refractivity contribution in [3.63, 3.8) is 0 Å². The van der Waals surface area contributed by atoms with Gasteiger partial charge in [-0.15, -0.1) is 0 Å². The SMILES string of the molecule is C/C=C/C[C@@H](C)[C@@H](O)[C@H]1C(=O)N(C)[C@@H](CC)C(=O)N(C)[C@H](C)C(=O)N(C)[C@@H]([C@H](C)CCOC)C(=O)N[C@@H](C(C)C)C(=O)N(C)[C@@H](CC(C)C)C(=O)N[C@@H](C)C(=O)N[C@H](C)C(=O)N(C)[C@@H](CC(C)C)C(=O)N(C)[C@@H](CC(C)C)C(=O)N(C)[C@@H](C(C)C)C(=O)N1C. The molecule has 1 heterocycles. The van der Waals surface area contributed by atoms with E-state index in [1.807, 2.05) is 47.6 Å². The maximum Gasteiger partial charge on any atom is 0.248 e. The molecule has 0 spiro atoms. The monoisotopic (exact) mass is 1260 g/mol. The van der Waals surface area contributed by atoms with E-state index in [2.05, 4.69) is 16.0 Å². The van der Waals surface area contributed by atoms with Crippen LogP contribution in [0.5, 0.6) is 0 Å². The topological polar surface area (TPSA) is 279 Å². The lowest BCUT2D eigenvalue weighted by atomic mass is 9.91. The molecule has 0 unspecified atom stereocenters. The molecule has 24 heteroatoms. The Balaban J connectivity index is 4.48. The van der Waals surface area contributed by atoms with Crippen molar-refractivity contribution in [3.8, 4) is 0 Å². The Kier molecular flexibility index (Phi) is 33.3. The molecule has 1 aliphatic heterocycles. The highest BCUT2D eigenvalue weighted by molar-refractivity contribution is 6.00. The first-order valence-electron chi connectivity index (χ1n) is 32.0. The summed E-state index contributed by atoms with van der Waals surface area (Å²) >= 11 is 0. The van der Waals surface area contributed by atoms with E-state index in [1.165, 1.54) is 114 Å². The van der Waals surface area contributed by atoms with Gasteiger partial charge < -0.3 is 65.0 Å². The van der Waals surface area contributed by atoms with Crippen LogP contribution >= 0.6 is 0 Å². The van der Waals surface area contributed by atoms with Crippen LogP contribution in [0.4, 0.5) is 0 Å². The highest BCUT2D eigenvalue weighted by Gasteiger charge is 2.47. The fourth-order valence-corrected chi connectivity index (χ4v) is 11.6. The van der Waals surface area contributed by atoms with Gasteiger partial charge in [-0.2, -0.15) is 0 Å². The van der Waals surface area contributed by atoms with Gasteiger partial charge in [0, 0.05) is 70.1 Å². The van der Waals surface area contributed by atoms with Crippen molar-refractivity contribution in [2.24, 2.45) is 41.4 Å². The van der Waals surface area contributed by atoms with Gasteiger partial charge in [0.25, 0.3) is 0 Å². The van der Waals surface area contributed by atoms with Crippen molar-refractivity contribution in [3.05, 3.63) is 12.2 Å². The van der Waals surface area contributed by atoms with E-state index >= 15 is 19.2 Å². The van der Waals surface area contributed by atoms with E-state index in [9.17, 15) is 38.7 Å². The number of aliphatic hydroxyl groups is 1. The number of carbonyl (C=O) groups is 11. The summed E-state index contributed by atoms with van der Waals surface area (Å²) in [6, 6.07) is -13.8.